The molecule has 0 aromatic carbocycles. The van der Waals surface area contributed by atoms with Crippen LogP contribution in [0.2, 0.25) is 0 Å². The summed E-state index contributed by atoms with van der Waals surface area (Å²) in [5, 5.41) is 6.33. The van der Waals surface area contributed by atoms with E-state index in [1.165, 1.54) is 12.8 Å². The lowest BCUT2D eigenvalue weighted by atomic mass is 9.97. The molecule has 2 aliphatic heterocycles. The van der Waals surface area contributed by atoms with Gasteiger partial charge < -0.3 is 20.4 Å². The minimum Gasteiger partial charge on any atom is -0.338 e. The lowest BCUT2D eigenvalue weighted by Crippen LogP contribution is -2.51. The first-order valence-corrected chi connectivity index (χ1v) is 6.68. The summed E-state index contributed by atoms with van der Waals surface area (Å²) in [7, 11) is 2.16. The predicted molar refractivity (Wildman–Crippen MR) is 68.1 cm³/mol. The second-order valence-corrected chi connectivity index (χ2v) is 5.17. The molecular formula is C12H24N4O. The monoisotopic (exact) mass is 240 g/mol. The van der Waals surface area contributed by atoms with Crippen LogP contribution in [0, 0.1) is 5.92 Å². The average molecular weight is 240 g/mol. The van der Waals surface area contributed by atoms with Gasteiger partial charge in [0.1, 0.15) is 0 Å². The maximum Gasteiger partial charge on any atom is 0.317 e. The van der Waals surface area contributed by atoms with Crippen molar-refractivity contribution in [3.63, 3.8) is 0 Å². The van der Waals surface area contributed by atoms with Gasteiger partial charge in [-0.1, -0.05) is 0 Å². The van der Waals surface area contributed by atoms with Gasteiger partial charge in [-0.25, -0.2) is 4.79 Å². The third-order valence-corrected chi connectivity index (χ3v) is 3.78. The molecule has 0 aliphatic carbocycles. The summed E-state index contributed by atoms with van der Waals surface area (Å²) in [6, 6.07) is 0.116. The molecule has 2 aliphatic rings. The molecule has 0 saturated carbocycles. The molecule has 0 radical (unpaired) electrons. The summed E-state index contributed by atoms with van der Waals surface area (Å²) in [6.07, 6.45) is 2.41. The highest BCUT2D eigenvalue weighted by Crippen LogP contribution is 2.14. The molecule has 2 heterocycles. The highest BCUT2D eigenvalue weighted by molar-refractivity contribution is 5.74. The summed E-state index contributed by atoms with van der Waals surface area (Å²) >= 11 is 0. The maximum absolute atomic E-state index is 11.9. The van der Waals surface area contributed by atoms with Crippen molar-refractivity contribution < 1.29 is 4.79 Å². The first-order chi connectivity index (χ1) is 8.25. The lowest BCUT2D eigenvalue weighted by molar-refractivity contribution is 0.180. The molecule has 0 spiro atoms. The Balaban J connectivity index is 1.65. The van der Waals surface area contributed by atoms with Gasteiger partial charge in [0.25, 0.3) is 0 Å². The number of nitrogens with zero attached hydrogens (tertiary/aromatic N) is 2. The normalized spacial score (nSPS) is 23.7. The van der Waals surface area contributed by atoms with Crippen LogP contribution in [0.1, 0.15) is 12.8 Å². The molecule has 0 aromatic rings. The number of urea groups is 1. The van der Waals surface area contributed by atoms with E-state index in [9.17, 15) is 4.79 Å². The number of hydrogen-bond acceptors (Lipinski definition) is 3. The Morgan fingerprint density at radius 3 is 2.53 bits per heavy atom. The van der Waals surface area contributed by atoms with Crippen LogP contribution in [0.15, 0.2) is 0 Å². The molecule has 2 amide bonds. The molecule has 2 rings (SSSR count). The molecule has 2 fully saturated rings. The van der Waals surface area contributed by atoms with Crippen molar-refractivity contribution in [2.75, 3.05) is 52.9 Å². The zero-order valence-electron chi connectivity index (χ0n) is 10.7. The standard InChI is InChI=1S/C12H24N4O/c1-15-6-2-11(3-7-15)10-14-12(17)16-8-4-13-5-9-16/h11,13H,2-10H2,1H3,(H,14,17). The van der Waals surface area contributed by atoms with Gasteiger partial charge in [-0.3, -0.25) is 0 Å². The lowest BCUT2D eigenvalue weighted by Gasteiger charge is -2.31. The Bertz CT molecular complexity index is 245. The summed E-state index contributed by atoms with van der Waals surface area (Å²) in [5.41, 5.74) is 0. The second kappa shape index (κ2) is 6.21. The molecule has 0 aromatic heterocycles. The number of nitrogens with one attached hydrogen (secondary N) is 2. The fourth-order valence-corrected chi connectivity index (χ4v) is 2.48. The summed E-state index contributed by atoms with van der Waals surface area (Å²) < 4.78 is 0. The second-order valence-electron chi connectivity index (χ2n) is 5.17. The van der Waals surface area contributed by atoms with E-state index < -0.39 is 0 Å². The number of piperidine rings is 1. The minimum absolute atomic E-state index is 0.116. The van der Waals surface area contributed by atoms with Gasteiger partial charge >= 0.3 is 6.03 Å². The number of piperazine rings is 1. The third kappa shape index (κ3) is 3.85. The molecule has 5 nitrogen and oxygen atoms in total. The van der Waals surface area contributed by atoms with Gasteiger partial charge in [-0.2, -0.15) is 0 Å². The van der Waals surface area contributed by atoms with E-state index in [4.69, 9.17) is 0 Å². The van der Waals surface area contributed by atoms with Gasteiger partial charge in [0.2, 0.25) is 0 Å². The van der Waals surface area contributed by atoms with E-state index in [1.807, 2.05) is 4.90 Å². The van der Waals surface area contributed by atoms with Gasteiger partial charge in [-0.15, -0.1) is 0 Å². The molecule has 2 N–H and O–H groups in total. The molecule has 0 atom stereocenters. The summed E-state index contributed by atoms with van der Waals surface area (Å²) in [5.74, 6) is 0.665. The van der Waals surface area contributed by atoms with E-state index in [1.54, 1.807) is 0 Å². The predicted octanol–water partition coefficient (Wildman–Crippen LogP) is -0.0570. The number of carbonyl (C=O) groups excluding carboxylic acids is 1. The molecular weight excluding hydrogens is 216 g/mol. The van der Waals surface area contributed by atoms with Crippen LogP contribution in [-0.2, 0) is 0 Å². The number of amides is 2. The van der Waals surface area contributed by atoms with Gasteiger partial charge in [0.15, 0.2) is 0 Å². The highest BCUT2D eigenvalue weighted by Gasteiger charge is 2.19. The number of carbonyl (C=O) groups is 1. The first kappa shape index (κ1) is 12.6. The molecule has 0 bridgehead atoms. The van der Waals surface area contributed by atoms with Crippen LogP contribution in [0.3, 0.4) is 0 Å². The van der Waals surface area contributed by atoms with Crippen molar-refractivity contribution in [3.05, 3.63) is 0 Å². The Morgan fingerprint density at radius 2 is 1.88 bits per heavy atom. The summed E-state index contributed by atoms with van der Waals surface area (Å²) in [6.45, 7) is 6.67. The SMILES string of the molecule is CN1CCC(CNC(=O)N2CCNCC2)CC1. The summed E-state index contributed by atoms with van der Waals surface area (Å²) in [4.78, 5) is 16.1. The van der Waals surface area contributed by atoms with Crippen LogP contribution in [0.4, 0.5) is 4.79 Å². The van der Waals surface area contributed by atoms with Crippen molar-refractivity contribution >= 4 is 6.03 Å². The molecule has 5 heteroatoms. The van der Waals surface area contributed by atoms with E-state index in [-0.39, 0.29) is 6.03 Å². The van der Waals surface area contributed by atoms with E-state index in [0.717, 1.165) is 45.8 Å². The molecule has 17 heavy (non-hydrogen) atoms. The number of hydrogen-bond donors (Lipinski definition) is 2. The van der Waals surface area contributed by atoms with Gasteiger partial charge in [0.05, 0.1) is 0 Å². The van der Waals surface area contributed by atoms with Crippen LogP contribution < -0.4 is 10.6 Å². The Kier molecular flexibility index (Phi) is 4.62. The Hall–Kier alpha value is -0.810. The zero-order chi connectivity index (χ0) is 12.1. The average Bonchev–Trinajstić information content (AvgIpc) is 2.39. The first-order valence-electron chi connectivity index (χ1n) is 6.68. The van der Waals surface area contributed by atoms with Crippen LogP contribution in [0.5, 0.6) is 0 Å². The molecule has 98 valence electrons. The topological polar surface area (TPSA) is 47.6 Å². The van der Waals surface area contributed by atoms with Crippen molar-refractivity contribution in [1.29, 1.82) is 0 Å². The van der Waals surface area contributed by atoms with Gasteiger partial charge in [-0.05, 0) is 38.9 Å². The smallest absolute Gasteiger partial charge is 0.317 e. The maximum atomic E-state index is 11.9. The van der Waals surface area contributed by atoms with Crippen LogP contribution in [-0.4, -0.2) is 68.7 Å². The zero-order valence-corrected chi connectivity index (χ0v) is 10.7. The van der Waals surface area contributed by atoms with Crippen molar-refractivity contribution in [3.8, 4) is 0 Å². The molecule has 0 unspecified atom stereocenters. The van der Waals surface area contributed by atoms with Crippen molar-refractivity contribution in [1.82, 2.24) is 20.4 Å². The fraction of sp³-hybridized carbons (Fsp3) is 0.917. The van der Waals surface area contributed by atoms with Gasteiger partial charge in [0, 0.05) is 32.7 Å². The van der Waals surface area contributed by atoms with E-state index in [0.29, 0.717) is 5.92 Å². The minimum atomic E-state index is 0.116. The highest BCUT2D eigenvalue weighted by atomic mass is 16.2. The number of likely N-dealkylation sites (tertiary alicyclic amines) is 1. The quantitative estimate of drug-likeness (QED) is 0.711. The Morgan fingerprint density at radius 1 is 1.24 bits per heavy atom. The van der Waals surface area contributed by atoms with E-state index in [2.05, 4.69) is 22.6 Å². The largest absolute Gasteiger partial charge is 0.338 e. The third-order valence-electron chi connectivity index (χ3n) is 3.78. The van der Waals surface area contributed by atoms with Crippen LogP contribution in [0.25, 0.3) is 0 Å². The fourth-order valence-electron chi connectivity index (χ4n) is 2.48. The van der Waals surface area contributed by atoms with E-state index >= 15 is 0 Å². The van der Waals surface area contributed by atoms with Crippen molar-refractivity contribution in [2.24, 2.45) is 5.92 Å². The number of rotatable bonds is 2. The van der Waals surface area contributed by atoms with Crippen LogP contribution >= 0.6 is 0 Å². The molecule has 2 saturated heterocycles. The van der Waals surface area contributed by atoms with Crippen molar-refractivity contribution in [2.45, 2.75) is 12.8 Å². The Labute approximate surface area is 104 Å².